The van der Waals surface area contributed by atoms with Gasteiger partial charge in [0.25, 0.3) is 0 Å². The average Bonchev–Trinajstić information content (AvgIpc) is 3.04. The van der Waals surface area contributed by atoms with E-state index < -0.39 is 6.29 Å². The van der Waals surface area contributed by atoms with Gasteiger partial charge in [-0.15, -0.1) is 0 Å². The number of carbonyl (C=O) groups excluding carboxylic acids is 1. The Morgan fingerprint density at radius 1 is 1.39 bits per heavy atom. The van der Waals surface area contributed by atoms with Gasteiger partial charge in [0.1, 0.15) is 0 Å². The summed E-state index contributed by atoms with van der Waals surface area (Å²) in [4.78, 5) is 12.0. The second-order valence-corrected chi connectivity index (χ2v) is 5.47. The molecule has 2 aliphatic carbocycles. The number of esters is 1. The minimum Gasteiger partial charge on any atom is -0.436 e. The third-order valence-electron chi connectivity index (χ3n) is 4.10. The molecule has 0 radical (unpaired) electrons. The van der Waals surface area contributed by atoms with E-state index in [1.165, 1.54) is 0 Å². The van der Waals surface area contributed by atoms with E-state index in [1.807, 2.05) is 0 Å². The second kappa shape index (κ2) is 5.02. The van der Waals surface area contributed by atoms with Gasteiger partial charge >= 0.3 is 5.97 Å². The van der Waals surface area contributed by atoms with Crippen LogP contribution in [0, 0.1) is 17.8 Å². The highest BCUT2D eigenvalue weighted by Gasteiger charge is 2.41. The topological polar surface area (TPSA) is 44.8 Å². The van der Waals surface area contributed by atoms with Gasteiger partial charge in [-0.3, -0.25) is 4.79 Å². The number of rotatable bonds is 4. The van der Waals surface area contributed by atoms with Crippen LogP contribution in [0.2, 0.25) is 0 Å². The molecule has 0 spiro atoms. The summed E-state index contributed by atoms with van der Waals surface area (Å²) >= 11 is 0. The fourth-order valence-electron chi connectivity index (χ4n) is 3.20. The predicted molar refractivity (Wildman–Crippen MR) is 64.5 cm³/mol. The monoisotopic (exact) mass is 252 g/mol. The summed E-state index contributed by atoms with van der Waals surface area (Å²) in [6.07, 6.45) is 7.62. The van der Waals surface area contributed by atoms with E-state index in [-0.39, 0.29) is 18.2 Å². The van der Waals surface area contributed by atoms with Gasteiger partial charge in [0.05, 0.1) is 5.92 Å². The molecular formula is C14H20O4. The number of fused-ring (bicyclic) bond motifs is 2. The lowest BCUT2D eigenvalue weighted by atomic mass is 9.94. The first-order chi connectivity index (χ1) is 8.72. The Hall–Kier alpha value is -0.870. The molecule has 5 atom stereocenters. The van der Waals surface area contributed by atoms with E-state index in [9.17, 15) is 4.79 Å². The van der Waals surface area contributed by atoms with Crippen LogP contribution in [0.25, 0.3) is 0 Å². The van der Waals surface area contributed by atoms with Gasteiger partial charge < -0.3 is 14.2 Å². The summed E-state index contributed by atoms with van der Waals surface area (Å²) < 4.78 is 16.3. The lowest BCUT2D eigenvalue weighted by molar-refractivity contribution is -0.225. The molecule has 4 nitrogen and oxygen atoms in total. The normalized spacial score (nSPS) is 39.2. The fourth-order valence-corrected chi connectivity index (χ4v) is 3.20. The van der Waals surface area contributed by atoms with Crippen molar-refractivity contribution >= 4 is 5.97 Å². The zero-order chi connectivity index (χ0) is 12.5. The molecule has 0 N–H and O–H groups in total. The first kappa shape index (κ1) is 12.2. The molecule has 1 aliphatic heterocycles. The highest BCUT2D eigenvalue weighted by molar-refractivity contribution is 5.74. The Bertz CT molecular complexity index is 346. The van der Waals surface area contributed by atoms with Crippen molar-refractivity contribution in [3.63, 3.8) is 0 Å². The van der Waals surface area contributed by atoms with Gasteiger partial charge in [0, 0.05) is 13.0 Å². The quantitative estimate of drug-likeness (QED) is 0.437. The van der Waals surface area contributed by atoms with Crippen LogP contribution in [0.15, 0.2) is 12.2 Å². The van der Waals surface area contributed by atoms with Crippen molar-refractivity contribution in [1.29, 1.82) is 0 Å². The summed E-state index contributed by atoms with van der Waals surface area (Å²) in [5.74, 6) is 0.896. The standard InChI is InChI=1S/C14H20O4/c1-9(17-13-3-2-6-16-13)18-14(15)12-8-10-4-5-11(12)7-10/h4-5,9-13H,2-3,6-8H2,1H3. The van der Waals surface area contributed by atoms with E-state index in [0.29, 0.717) is 11.8 Å². The van der Waals surface area contributed by atoms with Crippen molar-refractivity contribution in [2.45, 2.75) is 45.2 Å². The Kier molecular flexibility index (Phi) is 3.39. The fraction of sp³-hybridized carbons (Fsp3) is 0.786. The summed E-state index contributed by atoms with van der Waals surface area (Å²) in [6.45, 7) is 2.51. The van der Waals surface area contributed by atoms with Gasteiger partial charge in [0.2, 0.25) is 6.29 Å². The smallest absolute Gasteiger partial charge is 0.311 e. The molecule has 2 fully saturated rings. The molecule has 3 rings (SSSR count). The molecule has 4 heteroatoms. The van der Waals surface area contributed by atoms with E-state index in [4.69, 9.17) is 14.2 Å². The van der Waals surface area contributed by atoms with Crippen molar-refractivity contribution in [2.24, 2.45) is 17.8 Å². The van der Waals surface area contributed by atoms with Gasteiger partial charge in [0.15, 0.2) is 6.29 Å². The third-order valence-corrected chi connectivity index (χ3v) is 4.10. The van der Waals surface area contributed by atoms with E-state index in [0.717, 1.165) is 32.3 Å². The van der Waals surface area contributed by atoms with Crippen LogP contribution in [0.5, 0.6) is 0 Å². The highest BCUT2D eigenvalue weighted by atomic mass is 16.8. The Morgan fingerprint density at radius 3 is 2.89 bits per heavy atom. The first-order valence-corrected chi connectivity index (χ1v) is 6.88. The molecule has 1 saturated carbocycles. The van der Waals surface area contributed by atoms with E-state index in [2.05, 4.69) is 12.2 Å². The maximum atomic E-state index is 12.0. The summed E-state index contributed by atoms with van der Waals surface area (Å²) in [5, 5.41) is 0. The zero-order valence-corrected chi connectivity index (χ0v) is 10.7. The van der Waals surface area contributed by atoms with Crippen molar-refractivity contribution in [3.05, 3.63) is 12.2 Å². The van der Waals surface area contributed by atoms with Crippen molar-refractivity contribution in [3.8, 4) is 0 Å². The molecular weight excluding hydrogens is 232 g/mol. The van der Waals surface area contributed by atoms with Crippen molar-refractivity contribution in [1.82, 2.24) is 0 Å². The van der Waals surface area contributed by atoms with Crippen LogP contribution in [-0.2, 0) is 19.0 Å². The van der Waals surface area contributed by atoms with Crippen LogP contribution >= 0.6 is 0 Å². The molecule has 0 aromatic rings. The SMILES string of the molecule is CC(OC(=O)C1CC2C=CC1C2)OC1CCCO1. The Morgan fingerprint density at radius 2 is 2.28 bits per heavy atom. The second-order valence-electron chi connectivity index (χ2n) is 5.47. The Labute approximate surface area is 107 Å². The van der Waals surface area contributed by atoms with Crippen LogP contribution in [0.1, 0.15) is 32.6 Å². The lowest BCUT2D eigenvalue weighted by Gasteiger charge is -2.22. The summed E-state index contributed by atoms with van der Waals surface area (Å²) in [6, 6.07) is 0. The summed E-state index contributed by atoms with van der Waals surface area (Å²) in [7, 11) is 0. The molecule has 18 heavy (non-hydrogen) atoms. The average molecular weight is 252 g/mol. The maximum absolute atomic E-state index is 12.0. The van der Waals surface area contributed by atoms with E-state index >= 15 is 0 Å². The zero-order valence-electron chi connectivity index (χ0n) is 10.7. The number of hydrogen-bond acceptors (Lipinski definition) is 4. The van der Waals surface area contributed by atoms with Crippen molar-refractivity contribution < 1.29 is 19.0 Å². The minimum absolute atomic E-state index is 0.0375. The summed E-state index contributed by atoms with van der Waals surface area (Å²) in [5.41, 5.74) is 0. The number of carbonyl (C=O) groups is 1. The molecule has 1 heterocycles. The van der Waals surface area contributed by atoms with Crippen LogP contribution in [-0.4, -0.2) is 25.2 Å². The molecule has 100 valence electrons. The largest absolute Gasteiger partial charge is 0.436 e. The molecule has 0 amide bonds. The minimum atomic E-state index is -0.510. The molecule has 3 aliphatic rings. The highest BCUT2D eigenvalue weighted by Crippen LogP contribution is 2.44. The van der Waals surface area contributed by atoms with Crippen LogP contribution < -0.4 is 0 Å². The van der Waals surface area contributed by atoms with Crippen LogP contribution in [0.3, 0.4) is 0 Å². The van der Waals surface area contributed by atoms with Gasteiger partial charge in [-0.25, -0.2) is 0 Å². The first-order valence-electron chi connectivity index (χ1n) is 6.88. The number of ether oxygens (including phenoxy) is 3. The van der Waals surface area contributed by atoms with Gasteiger partial charge in [-0.2, -0.15) is 0 Å². The number of allylic oxidation sites excluding steroid dienone is 2. The van der Waals surface area contributed by atoms with Gasteiger partial charge in [-0.1, -0.05) is 12.2 Å². The predicted octanol–water partition coefficient (Wildman–Crippen LogP) is 2.24. The van der Waals surface area contributed by atoms with E-state index in [1.54, 1.807) is 6.92 Å². The number of hydrogen-bond donors (Lipinski definition) is 0. The molecule has 2 bridgehead atoms. The van der Waals surface area contributed by atoms with Crippen molar-refractivity contribution in [2.75, 3.05) is 6.61 Å². The lowest BCUT2D eigenvalue weighted by Crippen LogP contribution is -2.29. The molecule has 1 saturated heterocycles. The molecule has 5 unspecified atom stereocenters. The van der Waals surface area contributed by atoms with Gasteiger partial charge in [-0.05, 0) is 38.0 Å². The molecule has 0 aromatic heterocycles. The van der Waals surface area contributed by atoms with Crippen LogP contribution in [0.4, 0.5) is 0 Å². The Balaban J connectivity index is 1.47. The molecule has 0 aromatic carbocycles. The third kappa shape index (κ3) is 2.45. The maximum Gasteiger partial charge on any atom is 0.311 e.